The Morgan fingerprint density at radius 2 is 1.12 bits per heavy atom. The largest absolute Gasteiger partial charge is 0.573 e. The lowest BCUT2D eigenvalue weighted by molar-refractivity contribution is -0.274. The summed E-state index contributed by atoms with van der Waals surface area (Å²) in [6, 6.07) is 13.2. The fourth-order valence-corrected chi connectivity index (χ4v) is 7.58. The van der Waals surface area contributed by atoms with Crippen molar-refractivity contribution in [1.82, 2.24) is 0 Å². The minimum atomic E-state index is -5.10. The highest BCUT2D eigenvalue weighted by Gasteiger charge is 2.42. The van der Waals surface area contributed by atoms with Crippen LogP contribution >= 0.6 is 23.5 Å². The highest BCUT2D eigenvalue weighted by atomic mass is 32.2. The van der Waals surface area contributed by atoms with Crippen molar-refractivity contribution in [3.05, 3.63) is 132 Å². The van der Waals surface area contributed by atoms with Gasteiger partial charge in [-0.1, -0.05) is 42.0 Å². The van der Waals surface area contributed by atoms with Crippen LogP contribution in [0.15, 0.2) is 80.9 Å². The lowest BCUT2D eigenvalue weighted by atomic mass is 9.95. The first kappa shape index (κ1) is 36.0. The van der Waals surface area contributed by atoms with Crippen molar-refractivity contribution >= 4 is 34.7 Å². The van der Waals surface area contributed by atoms with Crippen LogP contribution in [0.5, 0.6) is 5.75 Å². The zero-order chi connectivity index (χ0) is 36.8. The van der Waals surface area contributed by atoms with Crippen molar-refractivity contribution in [2.75, 3.05) is 0 Å². The molecule has 16 heteroatoms. The molecule has 0 fully saturated rings. The van der Waals surface area contributed by atoms with Crippen LogP contribution in [0, 0.1) is 42.7 Å². The third kappa shape index (κ3) is 7.18. The first-order chi connectivity index (χ1) is 23.4. The molecule has 0 bridgehead atoms. The number of benzene rings is 3. The minimum Gasteiger partial charge on any atom is -0.406 e. The first-order valence-corrected chi connectivity index (χ1v) is 15.5. The molecule has 0 saturated carbocycles. The molecule has 50 heavy (non-hydrogen) atoms. The highest BCUT2D eigenvalue weighted by molar-refractivity contribution is 8.00. The number of fused-ring (bicyclic) bond motifs is 2. The molecule has 5 nitrogen and oxygen atoms in total. The summed E-state index contributed by atoms with van der Waals surface area (Å²) < 4.78 is 129. The summed E-state index contributed by atoms with van der Waals surface area (Å²) in [4.78, 5) is 5.29. The third-order valence-corrected chi connectivity index (χ3v) is 9.35. The molecule has 2 aliphatic rings. The van der Waals surface area contributed by atoms with Crippen molar-refractivity contribution < 1.29 is 44.3 Å². The molecule has 0 heterocycles. The van der Waals surface area contributed by atoms with Crippen molar-refractivity contribution in [1.29, 1.82) is 10.5 Å². The van der Waals surface area contributed by atoms with Crippen molar-refractivity contribution in [3.63, 3.8) is 0 Å². The van der Waals surface area contributed by atoms with Gasteiger partial charge >= 0.3 is 23.2 Å². The number of ether oxygens (including phenoxy) is 1. The SMILES string of the molecule is [C-]#[N+]C([N+]#[C-])=C1Cc2c(SC(F)(F)F)c3c(c(SC(F)(F)F)c2=C1c1ccc(C)cc1)CC(=C(C#N)C#N)C=3c1ccc(OC(F)(F)F)cc1. The van der Waals surface area contributed by atoms with Crippen LogP contribution < -0.4 is 15.2 Å². The number of allylic oxidation sites excluding steroid dienone is 3. The standard InChI is InChI=1S/C34H15F9N4OS2/c1-16-4-6-17(7-5-16)26-24(31(46-2)47-3)13-23-28(26)29(49-33(38,39)40)22-12-21(19(14-44)15-45)25(27(22)30(23)50-34(41,42)43)18-8-10-20(11-9-18)48-32(35,36)37/h4-11H,12-13H2,1H3. The van der Waals surface area contributed by atoms with Crippen LogP contribution in [-0.4, -0.2) is 17.4 Å². The van der Waals surface area contributed by atoms with E-state index in [-0.39, 0.29) is 49.8 Å². The summed E-state index contributed by atoms with van der Waals surface area (Å²) in [5.74, 6) is -1.28. The molecule has 0 aromatic heterocycles. The Balaban J connectivity index is 2.08. The van der Waals surface area contributed by atoms with Gasteiger partial charge in [-0.3, -0.25) is 0 Å². The molecule has 0 saturated heterocycles. The average molecular weight is 731 g/mol. The second kappa shape index (κ2) is 13.2. The maximum atomic E-state index is 14.4. The molecule has 0 N–H and O–H groups in total. The normalized spacial score (nSPS) is 14.0. The number of thioether (sulfide) groups is 2. The number of hydrogen-bond donors (Lipinski definition) is 0. The number of rotatable bonds is 5. The summed E-state index contributed by atoms with van der Waals surface area (Å²) in [6.45, 7) is 16.9. The molecule has 5 rings (SSSR count). The van der Waals surface area contributed by atoms with E-state index in [2.05, 4.69) is 14.4 Å². The number of hydrogen-bond acceptors (Lipinski definition) is 5. The molecule has 0 spiro atoms. The lowest BCUT2D eigenvalue weighted by Gasteiger charge is -2.17. The summed E-state index contributed by atoms with van der Waals surface area (Å²) in [5.41, 5.74) is -11.1. The molecule has 0 atom stereocenters. The van der Waals surface area contributed by atoms with E-state index < -0.39 is 85.9 Å². The Bertz CT molecular complexity index is 2260. The minimum absolute atomic E-state index is 0.0472. The summed E-state index contributed by atoms with van der Waals surface area (Å²) >= 11 is -1.29. The molecule has 252 valence electrons. The number of halogens is 9. The van der Waals surface area contributed by atoms with Crippen molar-refractivity contribution in [3.8, 4) is 17.9 Å². The lowest BCUT2D eigenvalue weighted by Crippen LogP contribution is -2.27. The predicted octanol–water partition coefficient (Wildman–Crippen LogP) is 9.02. The van der Waals surface area contributed by atoms with Gasteiger partial charge in [0, 0.05) is 26.6 Å². The topological polar surface area (TPSA) is 65.5 Å². The molecule has 0 unspecified atom stereocenters. The van der Waals surface area contributed by atoms with Crippen molar-refractivity contribution in [2.24, 2.45) is 0 Å². The van der Waals surface area contributed by atoms with E-state index in [1.807, 2.05) is 0 Å². The summed E-state index contributed by atoms with van der Waals surface area (Å²) in [5, 5.41) is 18.9. The van der Waals surface area contributed by atoms with Gasteiger partial charge in [-0.25, -0.2) is 0 Å². The molecule has 0 aliphatic heterocycles. The Kier molecular flexibility index (Phi) is 9.51. The van der Waals surface area contributed by atoms with Gasteiger partial charge < -0.3 is 4.74 Å². The van der Waals surface area contributed by atoms with E-state index in [1.165, 1.54) is 12.1 Å². The second-order valence-electron chi connectivity index (χ2n) is 10.6. The number of alkyl halides is 9. The number of nitriles is 2. The number of nitrogens with zero attached hydrogens (tertiary/aromatic N) is 4. The maximum Gasteiger partial charge on any atom is 0.573 e. The van der Waals surface area contributed by atoms with E-state index >= 15 is 0 Å². The molecule has 3 aromatic carbocycles. The third-order valence-electron chi connectivity index (χ3n) is 7.58. The van der Waals surface area contributed by atoms with Crippen LogP contribution in [-0.2, 0) is 12.8 Å². The van der Waals surface area contributed by atoms with Gasteiger partial charge in [0.05, 0.1) is 5.57 Å². The smallest absolute Gasteiger partial charge is 0.406 e. The van der Waals surface area contributed by atoms with Gasteiger partial charge in [-0.2, -0.15) is 46.6 Å². The van der Waals surface area contributed by atoms with Crippen LogP contribution in [0.3, 0.4) is 0 Å². The summed E-state index contributed by atoms with van der Waals surface area (Å²) in [7, 11) is 0. The zero-order valence-corrected chi connectivity index (χ0v) is 26.6. The molecule has 3 aromatic rings. The van der Waals surface area contributed by atoms with E-state index in [4.69, 9.17) is 13.1 Å². The van der Waals surface area contributed by atoms with E-state index in [1.54, 1.807) is 31.2 Å². The van der Waals surface area contributed by atoms with Gasteiger partial charge in [-0.15, -0.1) is 13.2 Å². The summed E-state index contributed by atoms with van der Waals surface area (Å²) in [6.07, 6.45) is -6.27. The molecule has 0 amide bonds. The average Bonchev–Trinajstić information content (AvgIpc) is 3.60. The van der Waals surface area contributed by atoms with Gasteiger partial charge in [-0.05, 0) is 88.0 Å². The van der Waals surface area contributed by atoms with Gasteiger partial charge in [0.15, 0.2) is 0 Å². The van der Waals surface area contributed by atoms with Gasteiger partial charge in [0.2, 0.25) is 0 Å². The van der Waals surface area contributed by atoms with Crippen LogP contribution in [0.4, 0.5) is 39.5 Å². The molecular weight excluding hydrogens is 716 g/mol. The maximum absolute atomic E-state index is 14.4. The predicted molar refractivity (Wildman–Crippen MR) is 165 cm³/mol. The quantitative estimate of drug-likeness (QED) is 0.114. The van der Waals surface area contributed by atoms with Crippen LogP contribution in [0.2, 0.25) is 0 Å². The Hall–Kier alpha value is -5.29. The van der Waals surface area contributed by atoms with Crippen LogP contribution in [0.25, 0.3) is 20.8 Å². The molecular formula is C34H15F9N4OS2. The van der Waals surface area contributed by atoms with Crippen molar-refractivity contribution in [2.45, 2.75) is 46.9 Å². The highest BCUT2D eigenvalue weighted by Crippen LogP contribution is 2.47. The Morgan fingerprint density at radius 1 is 0.700 bits per heavy atom. The Labute approximate surface area is 285 Å². The number of aryl methyl sites for hydroxylation is 1. The fraction of sp³-hybridized carbons (Fsp3) is 0.176. The molecule has 2 aliphatic carbocycles. The second-order valence-corrected chi connectivity index (χ2v) is 12.8. The zero-order valence-electron chi connectivity index (χ0n) is 24.9. The van der Waals surface area contributed by atoms with E-state index in [0.717, 1.165) is 29.8 Å². The van der Waals surface area contributed by atoms with E-state index in [9.17, 15) is 50.0 Å². The Morgan fingerprint density at radius 3 is 1.52 bits per heavy atom. The monoisotopic (exact) mass is 730 g/mol. The van der Waals surface area contributed by atoms with E-state index in [0.29, 0.717) is 0 Å². The van der Waals surface area contributed by atoms with Gasteiger partial charge in [0.1, 0.15) is 36.6 Å². The fourth-order valence-electron chi connectivity index (χ4n) is 5.86. The van der Waals surface area contributed by atoms with Crippen LogP contribution in [0.1, 0.15) is 27.8 Å². The first-order valence-electron chi connectivity index (χ1n) is 13.8. The molecule has 0 radical (unpaired) electrons. The van der Waals surface area contributed by atoms with Gasteiger partial charge in [0.25, 0.3) is 0 Å².